The lowest BCUT2D eigenvalue weighted by Crippen LogP contribution is -2.43. The van der Waals surface area contributed by atoms with E-state index >= 15 is 0 Å². The van der Waals surface area contributed by atoms with Gasteiger partial charge in [0.2, 0.25) is 0 Å². The lowest BCUT2D eigenvalue weighted by Gasteiger charge is -2.29. The monoisotopic (exact) mass is 262 g/mol. The van der Waals surface area contributed by atoms with Gasteiger partial charge in [-0.1, -0.05) is 32.6 Å². The van der Waals surface area contributed by atoms with Gasteiger partial charge >= 0.3 is 12.1 Å². The molecule has 0 bridgehead atoms. The predicted octanol–water partition coefficient (Wildman–Crippen LogP) is 4.30. The number of hydrogen-bond acceptors (Lipinski definition) is 1. The first-order valence-electron chi connectivity index (χ1n) is 5.69. The van der Waals surface area contributed by atoms with Crippen LogP contribution in [0.15, 0.2) is 0 Å². The fraction of sp³-hybridized carbons (Fsp3) is 1.00. The van der Waals surface area contributed by atoms with Gasteiger partial charge in [-0.15, -0.1) is 0 Å². The summed E-state index contributed by atoms with van der Waals surface area (Å²) in [4.78, 5) is 0. The van der Waals surface area contributed by atoms with Crippen LogP contribution in [0.3, 0.4) is 0 Å². The van der Waals surface area contributed by atoms with E-state index in [4.69, 9.17) is 0 Å². The molecule has 0 spiro atoms. The van der Waals surface area contributed by atoms with E-state index in [9.17, 15) is 27.1 Å². The Morgan fingerprint density at radius 2 is 1.47 bits per heavy atom. The van der Waals surface area contributed by atoms with Crippen molar-refractivity contribution in [2.75, 3.05) is 0 Å². The number of hydrogen-bond donors (Lipinski definition) is 1. The van der Waals surface area contributed by atoms with E-state index in [0.29, 0.717) is 6.42 Å². The number of alkyl halides is 5. The molecule has 0 aliphatic carbocycles. The minimum Gasteiger partial charge on any atom is -0.390 e. The normalized spacial score (nSPS) is 16.9. The smallest absolute Gasteiger partial charge is 0.390 e. The summed E-state index contributed by atoms with van der Waals surface area (Å²) in [5, 5.41) is 9.53. The molecular weight excluding hydrogens is 243 g/mol. The summed E-state index contributed by atoms with van der Waals surface area (Å²) in [5.74, 6) is -4.83. The van der Waals surface area contributed by atoms with Crippen molar-refractivity contribution in [3.05, 3.63) is 0 Å². The summed E-state index contributed by atoms with van der Waals surface area (Å²) in [7, 11) is 0. The van der Waals surface area contributed by atoms with Crippen molar-refractivity contribution in [2.45, 2.75) is 70.1 Å². The Balaban J connectivity index is 4.24. The average molecular weight is 262 g/mol. The maximum Gasteiger partial charge on any atom is 0.453 e. The van der Waals surface area contributed by atoms with Crippen LogP contribution in [0.4, 0.5) is 22.0 Å². The minimum atomic E-state index is -5.60. The molecule has 1 N–H and O–H groups in total. The standard InChI is InChI=1S/C11H19F5O/c1-3-4-5-6-7-9(2,17)8-10(12,13)11(14,15)16/h17H,3-8H2,1-2H3. The first-order chi connectivity index (χ1) is 7.52. The molecule has 0 aromatic carbocycles. The molecule has 1 nitrogen and oxygen atoms in total. The molecule has 1 unspecified atom stereocenters. The zero-order chi connectivity index (χ0) is 13.7. The quantitative estimate of drug-likeness (QED) is 0.536. The number of rotatable bonds is 7. The van der Waals surface area contributed by atoms with Crippen molar-refractivity contribution in [3.63, 3.8) is 0 Å². The second kappa shape index (κ2) is 5.98. The van der Waals surface area contributed by atoms with Gasteiger partial charge in [0.05, 0.1) is 5.60 Å². The number of halogens is 5. The van der Waals surface area contributed by atoms with Gasteiger partial charge in [0.1, 0.15) is 0 Å². The van der Waals surface area contributed by atoms with Gasteiger partial charge in [-0.05, 0) is 13.3 Å². The van der Waals surface area contributed by atoms with Crippen LogP contribution in [-0.4, -0.2) is 22.8 Å². The van der Waals surface area contributed by atoms with E-state index in [1.165, 1.54) is 0 Å². The third kappa shape index (κ3) is 6.19. The molecule has 0 saturated carbocycles. The van der Waals surface area contributed by atoms with Crippen molar-refractivity contribution in [2.24, 2.45) is 0 Å². The van der Waals surface area contributed by atoms with Crippen LogP contribution in [0.1, 0.15) is 52.4 Å². The summed E-state index contributed by atoms with van der Waals surface area (Å²) >= 11 is 0. The van der Waals surface area contributed by atoms with Gasteiger partial charge in [-0.3, -0.25) is 0 Å². The highest BCUT2D eigenvalue weighted by Gasteiger charge is 2.59. The number of aliphatic hydroxyl groups is 1. The summed E-state index contributed by atoms with van der Waals surface area (Å²) in [5.41, 5.74) is -1.98. The molecule has 0 radical (unpaired) electrons. The maximum atomic E-state index is 12.7. The van der Waals surface area contributed by atoms with Gasteiger partial charge in [0.25, 0.3) is 0 Å². The van der Waals surface area contributed by atoms with Gasteiger partial charge in [0.15, 0.2) is 0 Å². The van der Waals surface area contributed by atoms with Crippen molar-refractivity contribution >= 4 is 0 Å². The zero-order valence-electron chi connectivity index (χ0n) is 10.1. The third-order valence-electron chi connectivity index (χ3n) is 2.59. The van der Waals surface area contributed by atoms with E-state index in [1.54, 1.807) is 0 Å². The van der Waals surface area contributed by atoms with E-state index in [0.717, 1.165) is 26.2 Å². The SMILES string of the molecule is CCCCCCC(C)(O)CC(F)(F)C(F)(F)F. The van der Waals surface area contributed by atoms with Crippen molar-refractivity contribution in [1.29, 1.82) is 0 Å². The van der Waals surface area contributed by atoms with Crippen LogP contribution in [0.2, 0.25) is 0 Å². The minimum absolute atomic E-state index is 0.0430. The van der Waals surface area contributed by atoms with E-state index in [-0.39, 0.29) is 6.42 Å². The molecule has 0 aliphatic heterocycles. The van der Waals surface area contributed by atoms with Gasteiger partial charge < -0.3 is 5.11 Å². The zero-order valence-corrected chi connectivity index (χ0v) is 10.1. The lowest BCUT2D eigenvalue weighted by atomic mass is 9.91. The largest absolute Gasteiger partial charge is 0.453 e. The molecule has 0 aromatic rings. The Labute approximate surface area is 98.0 Å². The molecule has 0 saturated heterocycles. The molecule has 104 valence electrons. The van der Waals surface area contributed by atoms with Crippen LogP contribution < -0.4 is 0 Å². The molecule has 0 amide bonds. The topological polar surface area (TPSA) is 20.2 Å². The van der Waals surface area contributed by atoms with Crippen LogP contribution in [0, 0.1) is 0 Å². The third-order valence-corrected chi connectivity index (χ3v) is 2.59. The molecule has 0 aliphatic rings. The summed E-state index contributed by atoms with van der Waals surface area (Å²) in [6, 6.07) is 0. The Hall–Kier alpha value is -0.390. The summed E-state index contributed by atoms with van der Waals surface area (Å²) in [6.07, 6.45) is -4.22. The van der Waals surface area contributed by atoms with E-state index in [1.807, 2.05) is 6.92 Å². The molecule has 1 atom stereocenters. The highest BCUT2D eigenvalue weighted by atomic mass is 19.4. The molecule has 17 heavy (non-hydrogen) atoms. The molecule has 0 heterocycles. The van der Waals surface area contributed by atoms with Crippen LogP contribution in [0.5, 0.6) is 0 Å². The molecule has 6 heteroatoms. The maximum absolute atomic E-state index is 12.7. The average Bonchev–Trinajstić information content (AvgIpc) is 2.09. The first-order valence-corrected chi connectivity index (χ1v) is 5.69. The summed E-state index contributed by atoms with van der Waals surface area (Å²) in [6.45, 7) is 2.98. The van der Waals surface area contributed by atoms with Crippen LogP contribution >= 0.6 is 0 Å². The van der Waals surface area contributed by atoms with Crippen LogP contribution in [0.25, 0.3) is 0 Å². The van der Waals surface area contributed by atoms with Crippen molar-refractivity contribution in [1.82, 2.24) is 0 Å². The Morgan fingerprint density at radius 1 is 0.941 bits per heavy atom. The van der Waals surface area contributed by atoms with Gasteiger partial charge in [-0.25, -0.2) is 0 Å². The Kier molecular flexibility index (Phi) is 5.84. The van der Waals surface area contributed by atoms with Crippen molar-refractivity contribution in [3.8, 4) is 0 Å². The fourth-order valence-electron chi connectivity index (χ4n) is 1.60. The fourth-order valence-corrected chi connectivity index (χ4v) is 1.60. The Bertz CT molecular complexity index is 222. The molecule has 0 aromatic heterocycles. The predicted molar refractivity (Wildman–Crippen MR) is 55.0 cm³/mol. The first kappa shape index (κ1) is 16.6. The highest BCUT2D eigenvalue weighted by Crippen LogP contribution is 2.42. The van der Waals surface area contributed by atoms with Gasteiger partial charge in [0, 0.05) is 6.42 Å². The second-order valence-corrected chi connectivity index (χ2v) is 4.69. The highest BCUT2D eigenvalue weighted by molar-refractivity contribution is 4.86. The number of unbranched alkanes of at least 4 members (excludes halogenated alkanes) is 3. The van der Waals surface area contributed by atoms with E-state index < -0.39 is 24.1 Å². The van der Waals surface area contributed by atoms with E-state index in [2.05, 4.69) is 0 Å². The second-order valence-electron chi connectivity index (χ2n) is 4.69. The Morgan fingerprint density at radius 3 is 1.88 bits per heavy atom. The van der Waals surface area contributed by atoms with Gasteiger partial charge in [-0.2, -0.15) is 22.0 Å². The van der Waals surface area contributed by atoms with Crippen LogP contribution in [-0.2, 0) is 0 Å². The lowest BCUT2D eigenvalue weighted by molar-refractivity contribution is -0.296. The van der Waals surface area contributed by atoms with Crippen molar-refractivity contribution < 1.29 is 27.1 Å². The molecule has 0 rings (SSSR count). The summed E-state index contributed by atoms with van der Waals surface area (Å²) < 4.78 is 61.3. The molecule has 0 fully saturated rings. The molecular formula is C11H19F5O.